The fraction of sp³-hybridized carbons (Fsp3) is 0.625. The minimum atomic E-state index is -1.15. The van der Waals surface area contributed by atoms with Gasteiger partial charge in [0.2, 0.25) is 0 Å². The van der Waals surface area contributed by atoms with Crippen molar-refractivity contribution in [3.63, 3.8) is 0 Å². The van der Waals surface area contributed by atoms with E-state index in [2.05, 4.69) is 50.3 Å². The van der Waals surface area contributed by atoms with Gasteiger partial charge >= 0.3 is 0 Å². The van der Waals surface area contributed by atoms with E-state index in [0.717, 1.165) is 0 Å². The molecule has 0 saturated heterocycles. The first-order chi connectivity index (χ1) is 9.24. The van der Waals surface area contributed by atoms with E-state index < -0.39 is 18.1 Å². The van der Waals surface area contributed by atoms with Crippen molar-refractivity contribution in [3.8, 4) is 0 Å². The van der Waals surface area contributed by atoms with Gasteiger partial charge in [0.15, 0.2) is 18.1 Å². The summed E-state index contributed by atoms with van der Waals surface area (Å²) >= 11 is 0. The molecule has 0 saturated carbocycles. The topological polar surface area (TPSA) is 9.23 Å². The largest absolute Gasteiger partial charge is 0.457 e. The molecule has 0 N–H and O–H groups in total. The predicted octanol–water partition coefficient (Wildman–Crippen LogP) is 3.98. The minimum Gasteiger partial charge on any atom is -0.457 e. The molecule has 0 heterocycles. The van der Waals surface area contributed by atoms with Crippen LogP contribution in [0, 0.1) is 0 Å². The van der Waals surface area contributed by atoms with E-state index in [0.29, 0.717) is 0 Å². The number of rotatable bonds is 10. The fourth-order valence-electron chi connectivity index (χ4n) is 2.42. The van der Waals surface area contributed by atoms with Gasteiger partial charge in [-0.15, -0.1) is 0 Å². The fourth-order valence-corrected chi connectivity index (χ4v) is 7.87. The number of benzene rings is 1. The number of hydrogen-bond acceptors (Lipinski definition) is 1. The van der Waals surface area contributed by atoms with E-state index >= 15 is 0 Å². The van der Waals surface area contributed by atoms with Crippen LogP contribution in [0.1, 0.15) is 45.4 Å². The van der Waals surface area contributed by atoms with Crippen LogP contribution < -0.4 is 5.19 Å². The van der Waals surface area contributed by atoms with Crippen molar-refractivity contribution in [3.05, 3.63) is 30.3 Å². The maximum atomic E-state index is 6.34. The summed E-state index contributed by atoms with van der Waals surface area (Å²) in [5.41, 5.74) is 0. The van der Waals surface area contributed by atoms with Crippen LogP contribution in [-0.4, -0.2) is 18.1 Å². The summed E-state index contributed by atoms with van der Waals surface area (Å²) < 4.78 is 6.34. The van der Waals surface area contributed by atoms with Crippen LogP contribution >= 0.6 is 0 Å². The van der Waals surface area contributed by atoms with Gasteiger partial charge in [0.25, 0.3) is 0 Å². The third kappa shape index (κ3) is 7.70. The van der Waals surface area contributed by atoms with E-state index in [1.165, 1.54) is 49.8 Å². The summed E-state index contributed by atoms with van der Waals surface area (Å²) in [6, 6.07) is 12.3. The Labute approximate surface area is 122 Å². The molecule has 1 atom stereocenters. The molecule has 0 spiro atoms. The summed E-state index contributed by atoms with van der Waals surface area (Å²) in [5, 5.41) is 1.50. The average molecular weight is 295 g/mol. The van der Waals surface area contributed by atoms with Crippen molar-refractivity contribution in [1.82, 2.24) is 0 Å². The van der Waals surface area contributed by atoms with Gasteiger partial charge < -0.3 is 4.12 Å². The molecule has 0 bridgehead atoms. The molecule has 1 rings (SSSR count). The lowest BCUT2D eigenvalue weighted by molar-refractivity contribution is 0.582. The van der Waals surface area contributed by atoms with Crippen LogP contribution in [-0.2, 0) is 4.12 Å². The van der Waals surface area contributed by atoms with Gasteiger partial charge in [-0.25, -0.2) is 0 Å². The Bertz CT molecular complexity index is 314. The van der Waals surface area contributed by atoms with Crippen LogP contribution in [0.15, 0.2) is 30.3 Å². The average Bonchev–Trinajstić information content (AvgIpc) is 2.42. The summed E-state index contributed by atoms with van der Waals surface area (Å²) in [5.74, 6) is 0. The lowest BCUT2D eigenvalue weighted by Crippen LogP contribution is -2.36. The highest BCUT2D eigenvalue weighted by Crippen LogP contribution is 2.10. The van der Waals surface area contributed by atoms with Crippen molar-refractivity contribution in [2.45, 2.75) is 64.6 Å². The first-order valence-electron chi connectivity index (χ1n) is 7.94. The molecule has 0 aliphatic rings. The van der Waals surface area contributed by atoms with E-state index in [-0.39, 0.29) is 0 Å². The number of unbranched alkanes of at least 4 members (excludes halogenated alkanes) is 5. The Balaban J connectivity index is 2.34. The molecule has 0 aliphatic carbocycles. The van der Waals surface area contributed by atoms with Gasteiger partial charge in [0.05, 0.1) is 0 Å². The molecule has 108 valence electrons. The van der Waals surface area contributed by atoms with E-state index in [1.54, 1.807) is 0 Å². The first-order valence-corrected chi connectivity index (χ1v) is 12.6. The molecule has 3 heteroatoms. The maximum absolute atomic E-state index is 6.34. The zero-order chi connectivity index (χ0) is 13.9. The van der Waals surface area contributed by atoms with Gasteiger partial charge in [-0.05, 0) is 24.3 Å². The summed E-state index contributed by atoms with van der Waals surface area (Å²) in [6.07, 6.45) is 8.30. The monoisotopic (exact) mass is 294 g/mol. The number of hydrogen-bond donors (Lipinski definition) is 0. The molecule has 1 unspecified atom stereocenters. The molecule has 19 heavy (non-hydrogen) atoms. The molecule has 0 aromatic heterocycles. The van der Waals surface area contributed by atoms with Crippen molar-refractivity contribution in [2.75, 3.05) is 0 Å². The second-order valence-corrected chi connectivity index (χ2v) is 11.0. The Hall–Kier alpha value is -0.386. The molecule has 0 radical (unpaired) electrons. The van der Waals surface area contributed by atoms with Gasteiger partial charge in [-0.3, -0.25) is 0 Å². The third-order valence-corrected chi connectivity index (χ3v) is 8.98. The van der Waals surface area contributed by atoms with Gasteiger partial charge in [0, 0.05) is 0 Å². The molecule has 1 aromatic rings. The molecule has 0 amide bonds. The zero-order valence-electron chi connectivity index (χ0n) is 12.9. The summed E-state index contributed by atoms with van der Waals surface area (Å²) in [6.45, 7) is 6.87. The molecular formula is C16H30OSi2. The lowest BCUT2D eigenvalue weighted by atomic mass is 10.1. The molecule has 0 aliphatic heterocycles. The van der Waals surface area contributed by atoms with Crippen LogP contribution in [0.4, 0.5) is 0 Å². The lowest BCUT2D eigenvalue weighted by Gasteiger charge is -2.19. The Morgan fingerprint density at radius 3 is 2.16 bits per heavy atom. The second kappa shape index (κ2) is 10.4. The highest BCUT2D eigenvalue weighted by atomic mass is 28.4. The Morgan fingerprint density at radius 1 is 0.895 bits per heavy atom. The standard InChI is InChI=1S/C16H30OSi2/c1-4-5-6-7-8-12-15-19(17-18(2)3)16-13-10-9-11-14-16/h9-11,13-14,18-19H,4-8,12,15H2,1-3H3. The van der Waals surface area contributed by atoms with Crippen molar-refractivity contribution >= 4 is 23.3 Å². The smallest absolute Gasteiger partial charge is 0.195 e. The highest BCUT2D eigenvalue weighted by Gasteiger charge is 2.15. The highest BCUT2D eigenvalue weighted by molar-refractivity contribution is 6.74. The molecular weight excluding hydrogens is 264 g/mol. The van der Waals surface area contributed by atoms with Crippen LogP contribution in [0.25, 0.3) is 0 Å². The van der Waals surface area contributed by atoms with E-state index in [4.69, 9.17) is 4.12 Å². The first kappa shape index (κ1) is 16.7. The zero-order valence-corrected chi connectivity index (χ0v) is 15.2. The Morgan fingerprint density at radius 2 is 1.53 bits per heavy atom. The van der Waals surface area contributed by atoms with Crippen molar-refractivity contribution < 1.29 is 4.12 Å². The van der Waals surface area contributed by atoms with Crippen LogP contribution in [0.3, 0.4) is 0 Å². The molecule has 1 aromatic carbocycles. The maximum Gasteiger partial charge on any atom is 0.195 e. The van der Waals surface area contributed by atoms with Gasteiger partial charge in [-0.2, -0.15) is 0 Å². The van der Waals surface area contributed by atoms with Crippen molar-refractivity contribution in [2.24, 2.45) is 0 Å². The molecule has 0 fully saturated rings. The third-order valence-electron chi connectivity index (χ3n) is 3.43. The predicted molar refractivity (Wildman–Crippen MR) is 91.4 cm³/mol. The quantitative estimate of drug-likeness (QED) is 0.468. The summed E-state index contributed by atoms with van der Waals surface area (Å²) in [7, 11) is -2.05. The second-order valence-electron chi connectivity index (χ2n) is 5.64. The van der Waals surface area contributed by atoms with Crippen LogP contribution in [0.2, 0.25) is 19.1 Å². The van der Waals surface area contributed by atoms with Crippen molar-refractivity contribution in [1.29, 1.82) is 0 Å². The normalized spacial score (nSPS) is 12.8. The van der Waals surface area contributed by atoms with E-state index in [9.17, 15) is 0 Å². The van der Waals surface area contributed by atoms with Crippen LogP contribution in [0.5, 0.6) is 0 Å². The molecule has 1 nitrogen and oxygen atoms in total. The van der Waals surface area contributed by atoms with Gasteiger partial charge in [0.1, 0.15) is 0 Å². The van der Waals surface area contributed by atoms with E-state index in [1.807, 2.05) is 0 Å². The minimum absolute atomic E-state index is 0.906. The SMILES string of the molecule is CCCCCCCC[SiH](O[SiH](C)C)c1ccccc1. The summed E-state index contributed by atoms with van der Waals surface area (Å²) in [4.78, 5) is 0. The Kier molecular flexibility index (Phi) is 9.13. The van der Waals surface area contributed by atoms with Gasteiger partial charge in [-0.1, -0.05) is 75.8 Å².